The number of nitrogens with one attached hydrogen (secondary N) is 2. The summed E-state index contributed by atoms with van der Waals surface area (Å²) < 4.78 is 5.57. The fourth-order valence-electron chi connectivity index (χ4n) is 4.87. The summed E-state index contributed by atoms with van der Waals surface area (Å²) in [6.07, 6.45) is 2.64. The molecule has 2 aromatic carbocycles. The summed E-state index contributed by atoms with van der Waals surface area (Å²) in [4.78, 5) is 36.4. The van der Waals surface area contributed by atoms with Gasteiger partial charge in [-0.25, -0.2) is 4.79 Å². The molecule has 0 aliphatic heterocycles. The van der Waals surface area contributed by atoms with Crippen LogP contribution in [0.1, 0.15) is 49.1 Å². The van der Waals surface area contributed by atoms with Crippen molar-refractivity contribution in [2.24, 2.45) is 11.3 Å². The minimum atomic E-state index is -0.909. The van der Waals surface area contributed by atoms with Gasteiger partial charge in [-0.1, -0.05) is 48.5 Å². The summed E-state index contributed by atoms with van der Waals surface area (Å²) in [5, 5.41) is 14.8. The van der Waals surface area contributed by atoms with Crippen LogP contribution >= 0.6 is 0 Å². The maximum atomic E-state index is 12.8. The second-order valence-corrected chi connectivity index (χ2v) is 9.47. The Morgan fingerprint density at radius 1 is 1.00 bits per heavy atom. The lowest BCUT2D eigenvalue weighted by atomic mass is 9.98. The number of aliphatic carboxylic acids is 1. The third-order valence-corrected chi connectivity index (χ3v) is 7.15. The van der Waals surface area contributed by atoms with Crippen molar-refractivity contribution >= 4 is 18.0 Å². The smallest absolute Gasteiger partial charge is 0.407 e. The first-order chi connectivity index (χ1) is 16.0. The Hall–Kier alpha value is -3.35. The van der Waals surface area contributed by atoms with Gasteiger partial charge in [0.1, 0.15) is 6.61 Å². The molecule has 2 amide bonds. The highest BCUT2D eigenvalue weighted by molar-refractivity contribution is 5.87. The molecule has 0 saturated heterocycles. The van der Waals surface area contributed by atoms with E-state index < -0.39 is 17.5 Å². The van der Waals surface area contributed by atoms with Crippen LogP contribution in [0.25, 0.3) is 11.1 Å². The van der Waals surface area contributed by atoms with E-state index in [0.29, 0.717) is 12.8 Å². The lowest BCUT2D eigenvalue weighted by Crippen LogP contribution is -2.46. The number of ether oxygens (including phenoxy) is 1. The zero-order valence-electron chi connectivity index (χ0n) is 18.4. The molecule has 2 aromatic rings. The van der Waals surface area contributed by atoms with Crippen LogP contribution in [0.3, 0.4) is 0 Å². The van der Waals surface area contributed by atoms with E-state index in [4.69, 9.17) is 9.84 Å². The van der Waals surface area contributed by atoms with Gasteiger partial charge >= 0.3 is 12.1 Å². The number of fused-ring (bicyclic) bond motifs is 3. The third kappa shape index (κ3) is 4.45. The highest BCUT2D eigenvalue weighted by Crippen LogP contribution is 2.46. The number of carboxylic acid groups (broad SMARTS) is 1. The van der Waals surface area contributed by atoms with Gasteiger partial charge in [0.15, 0.2) is 0 Å². The summed E-state index contributed by atoms with van der Waals surface area (Å²) in [5.74, 6) is -0.846. The predicted molar refractivity (Wildman–Crippen MR) is 122 cm³/mol. The summed E-state index contributed by atoms with van der Waals surface area (Å²) in [5.41, 5.74) is 3.98. The van der Waals surface area contributed by atoms with Crippen molar-refractivity contribution in [3.05, 3.63) is 59.7 Å². The van der Waals surface area contributed by atoms with Crippen molar-refractivity contribution < 1.29 is 24.2 Å². The SMILES string of the molecule is O=C(O)CC(NC(=O)C1(CNC(=O)OCC2c3ccccc3-c3ccccc32)CC1)C1CC1. The first-order valence-electron chi connectivity index (χ1n) is 11.6. The molecule has 2 fully saturated rings. The van der Waals surface area contributed by atoms with Crippen molar-refractivity contribution in [1.82, 2.24) is 10.6 Å². The number of hydrogen-bond acceptors (Lipinski definition) is 4. The molecule has 1 atom stereocenters. The Morgan fingerprint density at radius 3 is 2.15 bits per heavy atom. The lowest BCUT2D eigenvalue weighted by molar-refractivity contribution is -0.138. The number of rotatable bonds is 9. The van der Waals surface area contributed by atoms with Crippen LogP contribution in [0.2, 0.25) is 0 Å². The van der Waals surface area contributed by atoms with Crippen molar-refractivity contribution in [2.45, 2.75) is 44.1 Å². The molecule has 3 N–H and O–H groups in total. The first kappa shape index (κ1) is 21.5. The molecule has 172 valence electrons. The standard InChI is InChI=1S/C26H28N2O5/c29-23(30)13-22(16-9-10-16)28-24(31)26(11-12-26)15-27-25(32)33-14-21-19-7-3-1-5-17(19)18-6-2-4-8-20(18)21/h1-8,16,21-22H,9-15H2,(H,27,32)(H,28,31)(H,29,30). The van der Waals surface area contributed by atoms with Crippen LogP contribution in [0.15, 0.2) is 48.5 Å². The molecule has 0 radical (unpaired) electrons. The zero-order chi connectivity index (χ0) is 23.0. The Labute approximate surface area is 192 Å². The highest BCUT2D eigenvalue weighted by Gasteiger charge is 2.51. The van der Waals surface area contributed by atoms with E-state index in [9.17, 15) is 14.4 Å². The van der Waals surface area contributed by atoms with E-state index in [-0.39, 0.29) is 43.4 Å². The van der Waals surface area contributed by atoms with E-state index >= 15 is 0 Å². The second-order valence-electron chi connectivity index (χ2n) is 9.47. The fraction of sp³-hybridized carbons (Fsp3) is 0.423. The molecule has 0 spiro atoms. The highest BCUT2D eigenvalue weighted by atomic mass is 16.5. The van der Waals surface area contributed by atoms with Crippen LogP contribution in [0.4, 0.5) is 4.79 Å². The number of hydrogen-bond donors (Lipinski definition) is 3. The maximum Gasteiger partial charge on any atom is 0.407 e. The van der Waals surface area contributed by atoms with Crippen molar-refractivity contribution in [3.63, 3.8) is 0 Å². The average Bonchev–Trinajstić information content (AvgIpc) is 3.73. The van der Waals surface area contributed by atoms with E-state index in [0.717, 1.165) is 24.0 Å². The predicted octanol–water partition coefficient (Wildman–Crippen LogP) is 3.67. The number of carbonyl (C=O) groups is 3. The van der Waals surface area contributed by atoms with Crippen LogP contribution in [0, 0.1) is 11.3 Å². The molecular weight excluding hydrogens is 420 g/mol. The van der Waals surface area contributed by atoms with Crippen molar-refractivity contribution in [1.29, 1.82) is 0 Å². The summed E-state index contributed by atoms with van der Waals surface area (Å²) >= 11 is 0. The summed E-state index contributed by atoms with van der Waals surface area (Å²) in [7, 11) is 0. The van der Waals surface area contributed by atoms with Gasteiger partial charge in [0, 0.05) is 18.5 Å². The largest absolute Gasteiger partial charge is 0.481 e. The van der Waals surface area contributed by atoms with Crippen LogP contribution < -0.4 is 10.6 Å². The molecule has 3 aliphatic carbocycles. The van der Waals surface area contributed by atoms with Crippen molar-refractivity contribution in [2.75, 3.05) is 13.2 Å². The van der Waals surface area contributed by atoms with E-state index in [1.807, 2.05) is 24.3 Å². The minimum Gasteiger partial charge on any atom is -0.481 e. The molecule has 7 heteroatoms. The molecule has 7 nitrogen and oxygen atoms in total. The zero-order valence-corrected chi connectivity index (χ0v) is 18.4. The fourth-order valence-corrected chi connectivity index (χ4v) is 4.87. The Bertz CT molecular complexity index is 1040. The molecular formula is C26H28N2O5. The van der Waals surface area contributed by atoms with Crippen LogP contribution in [-0.4, -0.2) is 42.3 Å². The van der Waals surface area contributed by atoms with Gasteiger partial charge in [-0.05, 0) is 53.9 Å². The molecule has 1 unspecified atom stereocenters. The topological polar surface area (TPSA) is 105 Å². The summed E-state index contributed by atoms with van der Waals surface area (Å²) in [6, 6.07) is 16.0. The van der Waals surface area contributed by atoms with Gasteiger partial charge in [-0.15, -0.1) is 0 Å². The first-order valence-corrected chi connectivity index (χ1v) is 11.6. The minimum absolute atomic E-state index is 0.0170. The van der Waals surface area contributed by atoms with E-state index in [1.54, 1.807) is 0 Å². The third-order valence-electron chi connectivity index (χ3n) is 7.15. The number of carboxylic acids is 1. The Morgan fingerprint density at radius 2 is 1.61 bits per heavy atom. The molecule has 0 bridgehead atoms. The molecule has 33 heavy (non-hydrogen) atoms. The molecule has 2 saturated carbocycles. The quantitative estimate of drug-likeness (QED) is 0.543. The number of benzene rings is 2. The number of amides is 2. The molecule has 0 aromatic heterocycles. The van der Waals surface area contributed by atoms with Crippen LogP contribution in [0.5, 0.6) is 0 Å². The van der Waals surface area contributed by atoms with Gasteiger partial charge in [0.2, 0.25) is 5.91 Å². The molecule has 5 rings (SSSR count). The van der Waals surface area contributed by atoms with Gasteiger partial charge < -0.3 is 20.5 Å². The second kappa shape index (κ2) is 8.54. The maximum absolute atomic E-state index is 12.8. The number of carbonyl (C=O) groups excluding carboxylic acids is 2. The van der Waals surface area contributed by atoms with Gasteiger partial charge in [-0.2, -0.15) is 0 Å². The molecule has 0 heterocycles. The van der Waals surface area contributed by atoms with Gasteiger partial charge in [0.05, 0.1) is 11.8 Å². The average molecular weight is 449 g/mol. The molecule has 3 aliphatic rings. The number of alkyl carbamates (subject to hydrolysis) is 1. The Kier molecular flexibility index (Phi) is 5.56. The van der Waals surface area contributed by atoms with Gasteiger partial charge in [-0.3, -0.25) is 9.59 Å². The lowest BCUT2D eigenvalue weighted by Gasteiger charge is -2.22. The summed E-state index contributed by atoms with van der Waals surface area (Å²) in [6.45, 7) is 0.418. The van der Waals surface area contributed by atoms with Crippen molar-refractivity contribution in [3.8, 4) is 11.1 Å². The Balaban J connectivity index is 1.15. The monoisotopic (exact) mass is 448 g/mol. The van der Waals surface area contributed by atoms with E-state index in [1.165, 1.54) is 11.1 Å². The van der Waals surface area contributed by atoms with Crippen LogP contribution in [-0.2, 0) is 14.3 Å². The van der Waals surface area contributed by atoms with E-state index in [2.05, 4.69) is 34.9 Å². The van der Waals surface area contributed by atoms with Gasteiger partial charge in [0.25, 0.3) is 0 Å². The normalized spacial score (nSPS) is 18.5.